The fourth-order valence-electron chi connectivity index (χ4n) is 2.45. The molecule has 6 nitrogen and oxygen atoms in total. The molecule has 0 N–H and O–H groups in total. The second-order valence-electron chi connectivity index (χ2n) is 5.04. The monoisotopic (exact) mass is 320 g/mol. The first kappa shape index (κ1) is 17.5. The number of rotatable bonds is 11. The van der Waals surface area contributed by atoms with Gasteiger partial charge in [0.05, 0.1) is 31.8 Å². The van der Waals surface area contributed by atoms with Crippen molar-refractivity contribution < 1.29 is 18.9 Å². The standard InChI is InChI=1S/C17H24N2O4/c1-3-20-10-9-19-13-16(14-22-12-11-21-4-2)23-17(19)15-5-7-18-8-6-15/h3-8,16-17H,1-2,9-14H2. The highest BCUT2D eigenvalue weighted by molar-refractivity contribution is 5.14. The lowest BCUT2D eigenvalue weighted by atomic mass is 10.2. The summed E-state index contributed by atoms with van der Waals surface area (Å²) in [5.74, 6) is 0. The van der Waals surface area contributed by atoms with Crippen LogP contribution in [0.3, 0.4) is 0 Å². The van der Waals surface area contributed by atoms with Crippen LogP contribution in [-0.2, 0) is 18.9 Å². The molecule has 0 saturated carbocycles. The van der Waals surface area contributed by atoms with Crippen LogP contribution >= 0.6 is 0 Å². The Morgan fingerprint density at radius 2 is 1.91 bits per heavy atom. The van der Waals surface area contributed by atoms with Crippen LogP contribution in [0, 0.1) is 0 Å². The second kappa shape index (κ2) is 9.99. The zero-order valence-corrected chi connectivity index (χ0v) is 13.3. The number of pyridine rings is 1. The van der Waals surface area contributed by atoms with Crippen LogP contribution in [0.2, 0.25) is 0 Å². The summed E-state index contributed by atoms with van der Waals surface area (Å²) in [5, 5.41) is 0. The molecule has 0 bridgehead atoms. The molecule has 1 saturated heterocycles. The lowest BCUT2D eigenvalue weighted by Crippen LogP contribution is -2.29. The van der Waals surface area contributed by atoms with Gasteiger partial charge >= 0.3 is 0 Å². The predicted molar refractivity (Wildman–Crippen MR) is 86.5 cm³/mol. The van der Waals surface area contributed by atoms with Crippen LogP contribution in [-0.4, -0.2) is 55.5 Å². The first-order chi connectivity index (χ1) is 11.3. The molecule has 23 heavy (non-hydrogen) atoms. The highest BCUT2D eigenvalue weighted by atomic mass is 16.6. The maximum Gasteiger partial charge on any atom is 0.137 e. The van der Waals surface area contributed by atoms with E-state index in [1.54, 1.807) is 12.4 Å². The van der Waals surface area contributed by atoms with Crippen LogP contribution in [0.15, 0.2) is 50.2 Å². The van der Waals surface area contributed by atoms with Gasteiger partial charge in [-0.05, 0) is 17.7 Å². The molecule has 0 radical (unpaired) electrons. The quantitative estimate of drug-likeness (QED) is 0.460. The summed E-state index contributed by atoms with van der Waals surface area (Å²) in [6.07, 6.45) is 6.32. The molecule has 0 spiro atoms. The number of hydrogen-bond donors (Lipinski definition) is 0. The molecule has 0 amide bonds. The van der Waals surface area contributed by atoms with E-state index in [0.29, 0.717) is 26.4 Å². The fourth-order valence-corrected chi connectivity index (χ4v) is 2.45. The van der Waals surface area contributed by atoms with Gasteiger partial charge in [-0.2, -0.15) is 0 Å². The summed E-state index contributed by atoms with van der Waals surface area (Å²) in [7, 11) is 0. The van der Waals surface area contributed by atoms with Gasteiger partial charge in [-0.25, -0.2) is 0 Å². The molecule has 1 aliphatic heterocycles. The molecule has 126 valence electrons. The molecular formula is C17H24N2O4. The Balaban J connectivity index is 1.86. The van der Waals surface area contributed by atoms with E-state index in [2.05, 4.69) is 23.0 Å². The third kappa shape index (κ3) is 5.67. The minimum atomic E-state index is -0.107. The minimum absolute atomic E-state index is 0.0145. The number of hydrogen-bond acceptors (Lipinski definition) is 6. The van der Waals surface area contributed by atoms with E-state index < -0.39 is 0 Å². The summed E-state index contributed by atoms with van der Waals surface area (Å²) in [6, 6.07) is 3.93. The molecule has 2 heterocycles. The summed E-state index contributed by atoms with van der Waals surface area (Å²) in [5.41, 5.74) is 1.08. The fraction of sp³-hybridized carbons (Fsp3) is 0.471. The summed E-state index contributed by atoms with van der Waals surface area (Å²) in [6.45, 7) is 10.7. The van der Waals surface area contributed by atoms with Gasteiger partial charge in [0.2, 0.25) is 0 Å². The van der Waals surface area contributed by atoms with Gasteiger partial charge in [0, 0.05) is 25.5 Å². The molecule has 1 aromatic rings. The highest BCUT2D eigenvalue weighted by Crippen LogP contribution is 2.29. The SMILES string of the molecule is C=COCCOCC1CN(CCOC=C)C(c2ccncc2)O1. The normalized spacial score (nSPS) is 21.0. The molecule has 0 aliphatic carbocycles. The Labute approximate surface area is 137 Å². The average molecular weight is 320 g/mol. The van der Waals surface area contributed by atoms with Crippen molar-refractivity contribution in [2.24, 2.45) is 0 Å². The van der Waals surface area contributed by atoms with Crippen LogP contribution < -0.4 is 0 Å². The van der Waals surface area contributed by atoms with E-state index in [1.807, 2.05) is 12.1 Å². The number of ether oxygens (including phenoxy) is 4. The van der Waals surface area contributed by atoms with Gasteiger partial charge < -0.3 is 18.9 Å². The van der Waals surface area contributed by atoms with Crippen molar-refractivity contribution >= 4 is 0 Å². The van der Waals surface area contributed by atoms with Gasteiger partial charge in [-0.15, -0.1) is 0 Å². The van der Waals surface area contributed by atoms with Gasteiger partial charge in [0.1, 0.15) is 19.4 Å². The van der Waals surface area contributed by atoms with Gasteiger partial charge in [-0.3, -0.25) is 9.88 Å². The Morgan fingerprint density at radius 1 is 1.17 bits per heavy atom. The van der Waals surface area contributed by atoms with Crippen molar-refractivity contribution in [3.63, 3.8) is 0 Å². The molecule has 2 atom stereocenters. The van der Waals surface area contributed by atoms with E-state index in [0.717, 1.165) is 18.7 Å². The van der Waals surface area contributed by atoms with Crippen LogP contribution in [0.4, 0.5) is 0 Å². The van der Waals surface area contributed by atoms with Crippen LogP contribution in [0.1, 0.15) is 11.8 Å². The van der Waals surface area contributed by atoms with E-state index in [1.165, 1.54) is 12.5 Å². The molecule has 6 heteroatoms. The third-order valence-electron chi connectivity index (χ3n) is 3.46. The van der Waals surface area contributed by atoms with E-state index in [4.69, 9.17) is 18.9 Å². The first-order valence-electron chi connectivity index (χ1n) is 7.67. The molecule has 0 aromatic carbocycles. The van der Waals surface area contributed by atoms with Crippen molar-refractivity contribution in [1.82, 2.24) is 9.88 Å². The lowest BCUT2D eigenvalue weighted by molar-refractivity contribution is -0.0415. The Bertz CT molecular complexity index is 469. The summed E-state index contributed by atoms with van der Waals surface area (Å²) >= 11 is 0. The average Bonchev–Trinajstić information content (AvgIpc) is 2.99. The Morgan fingerprint density at radius 3 is 2.65 bits per heavy atom. The molecular weight excluding hydrogens is 296 g/mol. The molecule has 1 aromatic heterocycles. The number of aromatic nitrogens is 1. The molecule has 2 unspecified atom stereocenters. The predicted octanol–water partition coefficient (Wildman–Crippen LogP) is 2.12. The topological polar surface area (TPSA) is 53.1 Å². The summed E-state index contributed by atoms with van der Waals surface area (Å²) in [4.78, 5) is 6.28. The van der Waals surface area contributed by atoms with Crippen molar-refractivity contribution in [2.45, 2.75) is 12.3 Å². The van der Waals surface area contributed by atoms with E-state index in [9.17, 15) is 0 Å². The van der Waals surface area contributed by atoms with Crippen molar-refractivity contribution in [1.29, 1.82) is 0 Å². The maximum atomic E-state index is 6.13. The lowest BCUT2D eigenvalue weighted by Gasteiger charge is -2.22. The molecule has 1 fully saturated rings. The van der Waals surface area contributed by atoms with E-state index >= 15 is 0 Å². The molecule has 1 aliphatic rings. The van der Waals surface area contributed by atoms with E-state index in [-0.39, 0.29) is 12.3 Å². The Hall–Kier alpha value is -1.89. The summed E-state index contributed by atoms with van der Waals surface area (Å²) < 4.78 is 22.0. The van der Waals surface area contributed by atoms with Crippen molar-refractivity contribution in [3.05, 3.63) is 55.8 Å². The maximum absolute atomic E-state index is 6.13. The molecule has 2 rings (SSSR count). The highest BCUT2D eigenvalue weighted by Gasteiger charge is 2.33. The zero-order valence-electron chi connectivity index (χ0n) is 13.3. The third-order valence-corrected chi connectivity index (χ3v) is 3.46. The Kier molecular flexibility index (Phi) is 7.59. The zero-order chi connectivity index (χ0) is 16.3. The van der Waals surface area contributed by atoms with Crippen LogP contribution in [0.25, 0.3) is 0 Å². The number of nitrogens with zero attached hydrogens (tertiary/aromatic N) is 2. The second-order valence-corrected chi connectivity index (χ2v) is 5.04. The first-order valence-corrected chi connectivity index (χ1v) is 7.67. The van der Waals surface area contributed by atoms with Crippen molar-refractivity contribution in [3.8, 4) is 0 Å². The van der Waals surface area contributed by atoms with Gasteiger partial charge in [-0.1, -0.05) is 13.2 Å². The van der Waals surface area contributed by atoms with Gasteiger partial charge in [0.15, 0.2) is 0 Å². The van der Waals surface area contributed by atoms with Crippen LogP contribution in [0.5, 0.6) is 0 Å². The van der Waals surface area contributed by atoms with Gasteiger partial charge in [0.25, 0.3) is 0 Å². The smallest absolute Gasteiger partial charge is 0.137 e. The minimum Gasteiger partial charge on any atom is -0.500 e. The largest absolute Gasteiger partial charge is 0.500 e. The van der Waals surface area contributed by atoms with Crippen molar-refractivity contribution in [2.75, 3.05) is 39.5 Å².